The summed E-state index contributed by atoms with van der Waals surface area (Å²) < 4.78 is 11.0. The van der Waals surface area contributed by atoms with E-state index in [1.165, 1.54) is 4.90 Å². The van der Waals surface area contributed by atoms with Crippen LogP contribution in [0.1, 0.15) is 73.3 Å². The van der Waals surface area contributed by atoms with Gasteiger partial charge in [-0.1, -0.05) is 58.0 Å². The second-order valence-electron chi connectivity index (χ2n) is 12.1. The third kappa shape index (κ3) is 9.86. The van der Waals surface area contributed by atoms with E-state index in [1.54, 1.807) is 32.7 Å². The highest BCUT2D eigenvalue weighted by atomic mass is 16.6. The van der Waals surface area contributed by atoms with Gasteiger partial charge in [0.15, 0.2) is 0 Å². The molecular weight excluding hydrogens is 498 g/mol. The van der Waals surface area contributed by atoms with Gasteiger partial charge in [0.25, 0.3) is 0 Å². The van der Waals surface area contributed by atoms with Crippen LogP contribution in [0, 0.1) is 17.8 Å². The first kappa shape index (κ1) is 32.1. The van der Waals surface area contributed by atoms with Gasteiger partial charge in [-0.3, -0.25) is 14.5 Å². The quantitative estimate of drug-likeness (QED) is 0.414. The molecule has 2 rings (SSSR count). The van der Waals surface area contributed by atoms with Gasteiger partial charge in [0.05, 0.1) is 5.92 Å². The number of carbonyl (C=O) groups is 4. The van der Waals surface area contributed by atoms with Gasteiger partial charge in [-0.15, -0.1) is 0 Å². The van der Waals surface area contributed by atoms with Gasteiger partial charge in [-0.05, 0) is 57.4 Å². The average Bonchev–Trinajstić information content (AvgIpc) is 3.34. The summed E-state index contributed by atoms with van der Waals surface area (Å²) in [4.78, 5) is 55.4. The molecule has 1 saturated heterocycles. The van der Waals surface area contributed by atoms with E-state index in [9.17, 15) is 19.2 Å². The van der Waals surface area contributed by atoms with E-state index in [4.69, 9.17) is 9.47 Å². The zero-order valence-electron chi connectivity index (χ0n) is 24.9. The second kappa shape index (κ2) is 14.3. The number of nitrogens with one attached hydrogen (secondary N) is 1. The van der Waals surface area contributed by atoms with Crippen molar-refractivity contribution in [3.63, 3.8) is 0 Å². The van der Waals surface area contributed by atoms with Crippen LogP contribution in [0.15, 0.2) is 30.3 Å². The molecule has 0 radical (unpaired) electrons. The Bertz CT molecular complexity index is 973. The topological polar surface area (TPSA) is 105 Å². The van der Waals surface area contributed by atoms with Crippen LogP contribution >= 0.6 is 0 Å². The summed E-state index contributed by atoms with van der Waals surface area (Å²) in [6.07, 6.45) is 1.24. The number of hydrogen-bond donors (Lipinski definition) is 1. The Labute approximate surface area is 233 Å². The molecule has 0 aromatic heterocycles. The van der Waals surface area contributed by atoms with Crippen LogP contribution in [0.2, 0.25) is 0 Å². The zero-order chi connectivity index (χ0) is 29.3. The maximum Gasteiger partial charge on any atom is 0.410 e. The third-order valence-electron chi connectivity index (χ3n) is 6.66. The molecule has 1 aliphatic heterocycles. The first-order valence-electron chi connectivity index (χ1n) is 14.0. The van der Waals surface area contributed by atoms with E-state index in [0.717, 1.165) is 5.56 Å². The van der Waals surface area contributed by atoms with Crippen LogP contribution in [-0.2, 0) is 30.5 Å². The fourth-order valence-corrected chi connectivity index (χ4v) is 4.88. The molecule has 1 aromatic carbocycles. The molecule has 3 amide bonds. The number of hydrogen-bond acceptors (Lipinski definition) is 6. The number of amides is 3. The lowest BCUT2D eigenvalue weighted by Gasteiger charge is -2.33. The average molecular weight is 546 g/mol. The number of esters is 1. The van der Waals surface area contributed by atoms with Crippen LogP contribution in [0.5, 0.6) is 0 Å². The number of rotatable bonds is 11. The normalized spacial score (nSPS) is 17.1. The molecule has 0 bridgehead atoms. The highest BCUT2D eigenvalue weighted by molar-refractivity contribution is 5.88. The molecule has 0 spiro atoms. The molecule has 39 heavy (non-hydrogen) atoms. The highest BCUT2D eigenvalue weighted by Crippen LogP contribution is 2.24. The Hall–Kier alpha value is -3.10. The second-order valence-corrected chi connectivity index (χ2v) is 12.1. The molecule has 9 heteroatoms. The molecule has 1 aromatic rings. The molecule has 218 valence electrons. The fourth-order valence-electron chi connectivity index (χ4n) is 4.88. The minimum absolute atomic E-state index is 0.115. The molecule has 1 fully saturated rings. The smallest absolute Gasteiger partial charge is 0.410 e. The minimum atomic E-state index is -0.762. The van der Waals surface area contributed by atoms with Gasteiger partial charge in [0.2, 0.25) is 11.8 Å². The largest absolute Gasteiger partial charge is 0.459 e. The molecule has 1 unspecified atom stereocenters. The van der Waals surface area contributed by atoms with Gasteiger partial charge < -0.3 is 19.7 Å². The van der Waals surface area contributed by atoms with Crippen molar-refractivity contribution in [2.45, 2.75) is 92.0 Å². The van der Waals surface area contributed by atoms with Crippen molar-refractivity contribution in [1.82, 2.24) is 15.1 Å². The lowest BCUT2D eigenvalue weighted by atomic mass is 9.94. The van der Waals surface area contributed by atoms with E-state index in [1.807, 2.05) is 58.0 Å². The van der Waals surface area contributed by atoms with Crippen molar-refractivity contribution in [2.75, 3.05) is 20.1 Å². The lowest BCUT2D eigenvalue weighted by Crippen LogP contribution is -2.53. The maximum absolute atomic E-state index is 13.7. The minimum Gasteiger partial charge on any atom is -0.459 e. The number of likely N-dealkylation sites (N-methyl/N-ethyl adjacent to an activating group) is 1. The van der Waals surface area contributed by atoms with Crippen molar-refractivity contribution in [1.29, 1.82) is 0 Å². The first-order valence-corrected chi connectivity index (χ1v) is 14.0. The fraction of sp³-hybridized carbons (Fsp3) is 0.667. The van der Waals surface area contributed by atoms with Gasteiger partial charge in [-0.25, -0.2) is 9.59 Å². The van der Waals surface area contributed by atoms with Crippen LogP contribution in [0.3, 0.4) is 0 Å². The Morgan fingerprint density at radius 1 is 1.08 bits per heavy atom. The predicted molar refractivity (Wildman–Crippen MR) is 150 cm³/mol. The van der Waals surface area contributed by atoms with Crippen molar-refractivity contribution in [3.8, 4) is 0 Å². The van der Waals surface area contributed by atoms with E-state index in [-0.39, 0.29) is 36.8 Å². The monoisotopic (exact) mass is 545 g/mol. The molecule has 9 nitrogen and oxygen atoms in total. The Kier molecular flexibility index (Phi) is 11.8. The van der Waals surface area contributed by atoms with E-state index in [0.29, 0.717) is 25.8 Å². The number of nitrogens with zero attached hydrogens (tertiary/aromatic N) is 2. The summed E-state index contributed by atoms with van der Waals surface area (Å²) in [5.41, 5.74) is 0.199. The highest BCUT2D eigenvalue weighted by Gasteiger charge is 2.39. The summed E-state index contributed by atoms with van der Waals surface area (Å²) >= 11 is 0. The van der Waals surface area contributed by atoms with Crippen LogP contribution in [-0.4, -0.2) is 71.5 Å². The third-order valence-corrected chi connectivity index (χ3v) is 6.66. The summed E-state index contributed by atoms with van der Waals surface area (Å²) in [7, 11) is 1.55. The Balaban J connectivity index is 2.08. The molecule has 1 aliphatic rings. The number of ether oxygens (including phenoxy) is 2. The SMILES string of the molecule is CC(C)CC(CNC(=O)[C@H](C(C)C)N(C)C(=O)OC(C)(C)C)C(=O)N1CCC[C@H]1C(=O)OCc1ccccc1. The number of carbonyl (C=O) groups excluding carboxylic acids is 4. The summed E-state index contributed by atoms with van der Waals surface area (Å²) in [5, 5.41) is 2.91. The number of benzene rings is 1. The molecule has 3 atom stereocenters. The van der Waals surface area contributed by atoms with Crippen LogP contribution in [0.25, 0.3) is 0 Å². The summed E-state index contributed by atoms with van der Waals surface area (Å²) in [6.45, 7) is 13.8. The van der Waals surface area contributed by atoms with Crippen molar-refractivity contribution >= 4 is 23.9 Å². The molecule has 1 N–H and O–H groups in total. The maximum atomic E-state index is 13.7. The zero-order valence-corrected chi connectivity index (χ0v) is 24.9. The standard InChI is InChI=1S/C30H47N3O6/c1-20(2)17-23(18-31-26(34)25(21(3)4)32(8)29(37)39-30(5,6)7)27(35)33-16-12-15-24(33)28(36)38-19-22-13-10-9-11-14-22/h9-11,13-14,20-21,23-25H,12,15-19H2,1-8H3,(H,31,34)/t23?,24-,25-/m0/s1. The van der Waals surface area contributed by atoms with Gasteiger partial charge in [-0.2, -0.15) is 0 Å². The molecule has 0 saturated carbocycles. The first-order chi connectivity index (χ1) is 18.2. The van der Waals surface area contributed by atoms with Crippen LogP contribution in [0.4, 0.5) is 4.79 Å². The van der Waals surface area contributed by atoms with E-state index in [2.05, 4.69) is 5.32 Å². The Morgan fingerprint density at radius 3 is 2.28 bits per heavy atom. The van der Waals surface area contributed by atoms with Gasteiger partial charge >= 0.3 is 12.1 Å². The molecular formula is C30H47N3O6. The number of likely N-dealkylation sites (tertiary alicyclic amines) is 1. The Morgan fingerprint density at radius 2 is 1.72 bits per heavy atom. The lowest BCUT2D eigenvalue weighted by molar-refractivity contribution is -0.156. The van der Waals surface area contributed by atoms with Crippen molar-refractivity contribution in [2.24, 2.45) is 17.8 Å². The molecule has 1 heterocycles. The predicted octanol–water partition coefficient (Wildman–Crippen LogP) is 4.39. The van der Waals surface area contributed by atoms with Crippen molar-refractivity contribution in [3.05, 3.63) is 35.9 Å². The van der Waals surface area contributed by atoms with Crippen molar-refractivity contribution < 1.29 is 28.7 Å². The van der Waals surface area contributed by atoms with Crippen LogP contribution < -0.4 is 5.32 Å². The van der Waals surface area contributed by atoms with Gasteiger partial charge in [0.1, 0.15) is 24.3 Å². The van der Waals surface area contributed by atoms with Gasteiger partial charge in [0, 0.05) is 20.1 Å². The molecule has 0 aliphatic carbocycles. The van der Waals surface area contributed by atoms with E-state index >= 15 is 0 Å². The summed E-state index contributed by atoms with van der Waals surface area (Å²) in [5.74, 6) is -1.40. The van der Waals surface area contributed by atoms with E-state index < -0.39 is 35.7 Å². The summed E-state index contributed by atoms with van der Waals surface area (Å²) in [6, 6.07) is 8.04.